The Morgan fingerprint density at radius 2 is 1.12 bits per heavy atom. The van der Waals surface area contributed by atoms with Crippen LogP contribution in [0.1, 0.15) is 92.4 Å². The molecule has 3 saturated carbocycles. The van der Waals surface area contributed by atoms with Crippen molar-refractivity contribution in [1.29, 1.82) is 0 Å². The molecule has 0 aromatic rings. The molecule has 82 heavy (non-hydrogen) atoms. The highest BCUT2D eigenvalue weighted by Crippen LogP contribution is 2.71. The van der Waals surface area contributed by atoms with E-state index in [9.17, 15) is 71.5 Å². The van der Waals surface area contributed by atoms with E-state index in [-0.39, 0.29) is 16.9 Å². The lowest BCUT2D eigenvalue weighted by Crippen LogP contribution is -2.67. The molecule has 0 bridgehead atoms. The average Bonchev–Trinajstić information content (AvgIpc) is 1.69. The lowest BCUT2D eigenvalue weighted by molar-refractivity contribution is -0.395. The Morgan fingerprint density at radius 3 is 1.76 bits per heavy atom. The molecule has 10 fully saturated rings. The molecule has 0 aromatic carbocycles. The van der Waals surface area contributed by atoms with Crippen molar-refractivity contribution in [3.8, 4) is 0 Å². The third kappa shape index (κ3) is 10.8. The van der Waals surface area contributed by atoms with Crippen molar-refractivity contribution in [3.05, 3.63) is 11.6 Å². The SMILES string of the molecule is CC1CCC2(OC1)OC1CC3C4CC=C5CC(OC6OC(CO)C(OC7OC(CO)C(O)C(OC8OCC(O)C(O)C8OC8OC(CO)C(OC9OC(C)C(O)C(O)C9O)C(O)C8O)C7O)C(O)C6O)CCC5(C)C4CCC3(C)C1C2C. The predicted octanol–water partition coefficient (Wildman–Crippen LogP) is -3.50. The van der Waals surface area contributed by atoms with Gasteiger partial charge in [-0.25, -0.2) is 0 Å². The molecule has 0 radical (unpaired) electrons. The summed E-state index contributed by atoms with van der Waals surface area (Å²) in [5, 5.41) is 153. The summed E-state index contributed by atoms with van der Waals surface area (Å²) in [6.45, 7) is 8.51. The summed E-state index contributed by atoms with van der Waals surface area (Å²) in [6.07, 6.45) is -30.7. The minimum atomic E-state index is -2.06. The minimum absolute atomic E-state index is 0.0484. The number of aliphatic hydroxyl groups excluding tert-OH is 14. The number of hydrogen-bond acceptors (Lipinski definition) is 26. The monoisotopic (exact) mass is 1180 g/mol. The Kier molecular flexibility index (Phi) is 18.4. The van der Waals surface area contributed by atoms with Crippen LogP contribution in [0.25, 0.3) is 0 Å². The van der Waals surface area contributed by atoms with Crippen molar-refractivity contribution in [3.63, 3.8) is 0 Å². The van der Waals surface area contributed by atoms with Crippen LogP contribution in [0.2, 0.25) is 0 Å². The zero-order valence-corrected chi connectivity index (χ0v) is 47.1. The molecule has 26 nitrogen and oxygen atoms in total. The van der Waals surface area contributed by atoms with Gasteiger partial charge in [-0.1, -0.05) is 39.3 Å². The van der Waals surface area contributed by atoms with Gasteiger partial charge in [0.15, 0.2) is 37.2 Å². The maximum Gasteiger partial charge on any atom is 0.187 e. The minimum Gasteiger partial charge on any atom is -0.394 e. The number of fused-ring (bicyclic) bond motifs is 7. The van der Waals surface area contributed by atoms with Crippen LogP contribution in [0.3, 0.4) is 0 Å². The van der Waals surface area contributed by atoms with Gasteiger partial charge in [-0.05, 0) is 98.7 Å². The molecule has 11 rings (SSSR count). The van der Waals surface area contributed by atoms with Gasteiger partial charge in [-0.3, -0.25) is 0 Å². The molecule has 470 valence electrons. The second-order valence-electron chi connectivity index (χ2n) is 26.2. The molecule has 11 aliphatic rings. The fourth-order valence-electron chi connectivity index (χ4n) is 16.7. The normalized spacial score (nSPS) is 56.9. The van der Waals surface area contributed by atoms with Gasteiger partial charge in [0, 0.05) is 12.3 Å². The van der Waals surface area contributed by atoms with E-state index in [1.54, 1.807) is 0 Å². The summed E-state index contributed by atoms with van der Waals surface area (Å²) < 4.78 is 72.3. The summed E-state index contributed by atoms with van der Waals surface area (Å²) >= 11 is 0. The molecule has 0 aromatic heterocycles. The van der Waals surface area contributed by atoms with Gasteiger partial charge in [-0.2, -0.15) is 0 Å². The first-order valence-electron chi connectivity index (χ1n) is 29.8. The van der Waals surface area contributed by atoms with Crippen LogP contribution in [0.4, 0.5) is 0 Å². The quantitative estimate of drug-likeness (QED) is 0.0796. The topological polar surface area (TPSA) is 394 Å². The zero-order valence-electron chi connectivity index (χ0n) is 47.1. The van der Waals surface area contributed by atoms with Crippen LogP contribution in [0.5, 0.6) is 0 Å². The van der Waals surface area contributed by atoms with E-state index in [2.05, 4.69) is 33.8 Å². The molecule has 7 saturated heterocycles. The first kappa shape index (κ1) is 62.3. The number of aliphatic hydroxyl groups is 14. The molecule has 7 heterocycles. The predicted molar refractivity (Wildman–Crippen MR) is 273 cm³/mol. The van der Waals surface area contributed by atoms with Crippen molar-refractivity contribution in [1.82, 2.24) is 0 Å². The Bertz CT molecular complexity index is 2190. The van der Waals surface area contributed by atoms with Crippen LogP contribution < -0.4 is 0 Å². The summed E-state index contributed by atoms with van der Waals surface area (Å²) in [5.41, 5.74) is 1.43. The standard InChI is InChI=1S/C56H90O26/c1-21-8-13-56(72-19-21)22(2)34-30(82-56)15-28-26-7-6-24-14-25(9-11-54(24,4)27(26)10-12-55(28,34)5)74-50-42(68)39(65)46(32(17-58)76-50)79-52-44(70)47(37(63)31(16-57)75-52)80-53-48(36(62)29(60)20-71-53)81-51-43(69)40(66)45(33(18-59)77-51)78-49-41(67)38(64)35(61)23(3)73-49/h6,21-23,25-53,57-70H,7-20H2,1-5H3. The fourth-order valence-corrected chi connectivity index (χ4v) is 16.7. The summed E-state index contributed by atoms with van der Waals surface area (Å²) in [7, 11) is 0. The highest BCUT2D eigenvalue weighted by molar-refractivity contribution is 5.26. The molecule has 0 amide bonds. The van der Waals surface area contributed by atoms with Crippen molar-refractivity contribution < 1.29 is 128 Å². The average molecular weight is 1180 g/mol. The van der Waals surface area contributed by atoms with Crippen molar-refractivity contribution in [2.24, 2.45) is 46.3 Å². The molecular formula is C56H90O26. The molecule has 1 spiro atoms. The lowest BCUT2D eigenvalue weighted by Gasteiger charge is -2.58. The number of ether oxygens (including phenoxy) is 12. The first-order valence-corrected chi connectivity index (χ1v) is 29.8. The number of rotatable bonds is 13. The van der Waals surface area contributed by atoms with Crippen LogP contribution in [0.15, 0.2) is 11.6 Å². The second-order valence-corrected chi connectivity index (χ2v) is 26.2. The Morgan fingerprint density at radius 1 is 0.537 bits per heavy atom. The van der Waals surface area contributed by atoms with Crippen molar-refractivity contribution in [2.75, 3.05) is 33.0 Å². The van der Waals surface area contributed by atoms with Crippen molar-refractivity contribution in [2.45, 2.75) is 258 Å². The van der Waals surface area contributed by atoms with Crippen molar-refractivity contribution >= 4 is 0 Å². The third-order valence-corrected chi connectivity index (χ3v) is 21.5. The highest BCUT2D eigenvalue weighted by atomic mass is 16.8. The molecule has 35 unspecified atom stereocenters. The van der Waals surface area contributed by atoms with Crippen LogP contribution in [0, 0.1) is 46.3 Å². The van der Waals surface area contributed by atoms with E-state index in [0.29, 0.717) is 48.3 Å². The van der Waals surface area contributed by atoms with E-state index >= 15 is 0 Å². The maximum atomic E-state index is 11.8. The molecule has 26 heteroatoms. The van der Waals surface area contributed by atoms with E-state index in [1.807, 2.05) is 0 Å². The first-order chi connectivity index (χ1) is 39.0. The highest BCUT2D eigenvalue weighted by Gasteiger charge is 2.69. The Balaban J connectivity index is 0.716. The smallest absolute Gasteiger partial charge is 0.187 e. The fraction of sp³-hybridized carbons (Fsp3) is 0.964. The molecule has 14 N–H and O–H groups in total. The molecular weight excluding hydrogens is 1090 g/mol. The summed E-state index contributed by atoms with van der Waals surface area (Å²) in [5.74, 6) is 2.43. The van der Waals surface area contributed by atoms with Gasteiger partial charge in [0.1, 0.15) is 110 Å². The van der Waals surface area contributed by atoms with E-state index in [0.717, 1.165) is 51.6 Å². The van der Waals surface area contributed by atoms with Crippen LogP contribution in [-0.4, -0.2) is 270 Å². The summed E-state index contributed by atoms with van der Waals surface area (Å²) in [6, 6.07) is 0. The Labute approximate surface area is 476 Å². The zero-order chi connectivity index (χ0) is 58.6. The largest absolute Gasteiger partial charge is 0.394 e. The van der Waals surface area contributed by atoms with Gasteiger partial charge >= 0.3 is 0 Å². The molecule has 7 aliphatic heterocycles. The van der Waals surface area contributed by atoms with Gasteiger partial charge in [0.05, 0.1) is 51.3 Å². The summed E-state index contributed by atoms with van der Waals surface area (Å²) in [4.78, 5) is 0. The van der Waals surface area contributed by atoms with E-state index in [4.69, 9.17) is 56.8 Å². The van der Waals surface area contributed by atoms with E-state index < -0.39 is 186 Å². The lowest BCUT2D eigenvalue weighted by atomic mass is 9.47. The number of hydrogen-bond donors (Lipinski definition) is 14. The maximum absolute atomic E-state index is 11.8. The Hall–Kier alpha value is -1.30. The van der Waals surface area contributed by atoms with Gasteiger partial charge in [0.25, 0.3) is 0 Å². The molecule has 4 aliphatic carbocycles. The van der Waals surface area contributed by atoms with Crippen LogP contribution >= 0.6 is 0 Å². The van der Waals surface area contributed by atoms with Gasteiger partial charge in [0.2, 0.25) is 0 Å². The van der Waals surface area contributed by atoms with Gasteiger partial charge in [-0.15, -0.1) is 0 Å². The second kappa shape index (κ2) is 24.2. The third-order valence-electron chi connectivity index (χ3n) is 21.5. The van der Waals surface area contributed by atoms with E-state index in [1.165, 1.54) is 12.5 Å². The molecule has 35 atom stereocenters. The van der Waals surface area contributed by atoms with Crippen LogP contribution in [-0.2, 0) is 56.8 Å². The number of allylic oxidation sites excluding steroid dienone is 1. The van der Waals surface area contributed by atoms with Gasteiger partial charge < -0.3 is 128 Å².